The summed E-state index contributed by atoms with van der Waals surface area (Å²) in [6.07, 6.45) is 0.569. The minimum atomic E-state index is -0.314. The smallest absolute Gasteiger partial charge is 0.251 e. The monoisotopic (exact) mass is 285 g/mol. The Hall–Kier alpha value is -2.33. The van der Waals surface area contributed by atoms with E-state index in [1.165, 1.54) is 0 Å². The Kier molecular flexibility index (Phi) is 5.35. The van der Waals surface area contributed by atoms with E-state index in [4.69, 9.17) is 4.74 Å². The summed E-state index contributed by atoms with van der Waals surface area (Å²) < 4.78 is 5.10. The fourth-order valence-electron chi connectivity index (χ4n) is 2.07. The summed E-state index contributed by atoms with van der Waals surface area (Å²) in [6, 6.07) is 16.2. The van der Waals surface area contributed by atoms with Crippen LogP contribution in [0.1, 0.15) is 15.9 Å². The van der Waals surface area contributed by atoms with Crippen molar-refractivity contribution in [2.45, 2.75) is 12.5 Å². The van der Waals surface area contributed by atoms with Crippen molar-refractivity contribution in [3.63, 3.8) is 0 Å². The van der Waals surface area contributed by atoms with Gasteiger partial charge in [-0.2, -0.15) is 0 Å². The number of ether oxygens (including phenoxy) is 1. The summed E-state index contributed by atoms with van der Waals surface area (Å²) in [5, 5.41) is 12.3. The Morgan fingerprint density at radius 2 is 1.81 bits per heavy atom. The van der Waals surface area contributed by atoms with Crippen LogP contribution in [0.15, 0.2) is 54.6 Å². The van der Waals surface area contributed by atoms with Gasteiger partial charge < -0.3 is 15.2 Å². The highest BCUT2D eigenvalue weighted by molar-refractivity contribution is 5.94. The van der Waals surface area contributed by atoms with Crippen molar-refractivity contribution in [1.29, 1.82) is 0 Å². The third-order valence-corrected chi connectivity index (χ3v) is 3.23. The predicted octanol–water partition coefficient (Wildman–Crippen LogP) is 2.03. The number of aliphatic hydroxyl groups excluding tert-OH is 1. The molecule has 2 aromatic rings. The highest BCUT2D eigenvalue weighted by Crippen LogP contribution is 2.13. The summed E-state index contributed by atoms with van der Waals surface area (Å²) in [4.78, 5) is 12.1. The van der Waals surface area contributed by atoms with Gasteiger partial charge in [0.2, 0.25) is 0 Å². The summed E-state index contributed by atoms with van der Waals surface area (Å²) >= 11 is 0. The van der Waals surface area contributed by atoms with E-state index in [-0.39, 0.29) is 18.6 Å². The van der Waals surface area contributed by atoms with Crippen molar-refractivity contribution in [1.82, 2.24) is 5.32 Å². The van der Waals surface area contributed by atoms with Crippen LogP contribution < -0.4 is 10.1 Å². The van der Waals surface area contributed by atoms with Gasteiger partial charge in [0.05, 0.1) is 19.8 Å². The maximum absolute atomic E-state index is 12.1. The molecular weight excluding hydrogens is 266 g/mol. The molecular formula is C17H19NO3. The van der Waals surface area contributed by atoms with Crippen LogP contribution in [0.3, 0.4) is 0 Å². The minimum absolute atomic E-state index is 0.107. The molecule has 0 radical (unpaired) electrons. The van der Waals surface area contributed by atoms with E-state index >= 15 is 0 Å². The largest absolute Gasteiger partial charge is 0.497 e. The highest BCUT2D eigenvalue weighted by atomic mass is 16.5. The molecule has 110 valence electrons. The van der Waals surface area contributed by atoms with Gasteiger partial charge in [-0.1, -0.05) is 30.3 Å². The standard InChI is InChI=1S/C17H19NO3/c1-21-16-9-7-13(8-10-16)11-15(12-19)18-17(20)14-5-3-2-4-6-14/h2-10,15,19H,11-12H2,1H3,(H,18,20)/t15-/m1/s1. The van der Waals surface area contributed by atoms with Gasteiger partial charge in [-0.05, 0) is 36.2 Å². The number of benzene rings is 2. The maximum Gasteiger partial charge on any atom is 0.251 e. The van der Waals surface area contributed by atoms with E-state index in [9.17, 15) is 9.90 Å². The van der Waals surface area contributed by atoms with Gasteiger partial charge in [-0.15, -0.1) is 0 Å². The second-order valence-corrected chi connectivity index (χ2v) is 4.77. The zero-order chi connectivity index (χ0) is 15.1. The van der Waals surface area contributed by atoms with Gasteiger partial charge in [0, 0.05) is 5.56 Å². The van der Waals surface area contributed by atoms with E-state index in [0.29, 0.717) is 12.0 Å². The number of methoxy groups -OCH3 is 1. The molecule has 0 spiro atoms. The molecule has 0 aliphatic heterocycles. The molecule has 2 rings (SSSR count). The first kappa shape index (κ1) is 15.1. The average molecular weight is 285 g/mol. The van der Waals surface area contributed by atoms with Gasteiger partial charge in [-0.25, -0.2) is 0 Å². The van der Waals surface area contributed by atoms with E-state index in [0.717, 1.165) is 11.3 Å². The number of carbonyl (C=O) groups excluding carboxylic acids is 1. The summed E-state index contributed by atoms with van der Waals surface area (Å²) in [5.41, 5.74) is 1.62. The van der Waals surface area contributed by atoms with Gasteiger partial charge in [0.1, 0.15) is 5.75 Å². The summed E-state index contributed by atoms with van der Waals surface area (Å²) in [7, 11) is 1.62. The quantitative estimate of drug-likeness (QED) is 0.854. The van der Waals surface area contributed by atoms with Crippen LogP contribution in [-0.2, 0) is 6.42 Å². The Bertz CT molecular complexity index is 566. The van der Waals surface area contributed by atoms with E-state index < -0.39 is 0 Å². The summed E-state index contributed by atoms with van der Waals surface area (Å²) in [6.45, 7) is -0.107. The molecule has 1 atom stereocenters. The van der Waals surface area contributed by atoms with E-state index in [1.54, 1.807) is 19.2 Å². The molecule has 0 bridgehead atoms. The molecule has 21 heavy (non-hydrogen) atoms. The van der Waals surface area contributed by atoms with Crippen LogP contribution in [0, 0.1) is 0 Å². The number of hydrogen-bond acceptors (Lipinski definition) is 3. The van der Waals surface area contributed by atoms with Gasteiger partial charge in [-0.3, -0.25) is 4.79 Å². The second-order valence-electron chi connectivity index (χ2n) is 4.77. The predicted molar refractivity (Wildman–Crippen MR) is 81.5 cm³/mol. The van der Waals surface area contributed by atoms with Crippen molar-refractivity contribution in [2.75, 3.05) is 13.7 Å². The summed E-state index contributed by atoms with van der Waals surface area (Å²) in [5.74, 6) is 0.607. The molecule has 0 unspecified atom stereocenters. The van der Waals surface area contributed by atoms with Gasteiger partial charge >= 0.3 is 0 Å². The van der Waals surface area contributed by atoms with Crippen LogP contribution in [0.25, 0.3) is 0 Å². The molecule has 0 saturated carbocycles. The third-order valence-electron chi connectivity index (χ3n) is 3.23. The van der Waals surface area contributed by atoms with Crippen molar-refractivity contribution in [2.24, 2.45) is 0 Å². The molecule has 0 fully saturated rings. The number of carbonyl (C=O) groups is 1. The van der Waals surface area contributed by atoms with E-state index in [1.807, 2.05) is 42.5 Å². The molecule has 0 aliphatic carbocycles. The minimum Gasteiger partial charge on any atom is -0.497 e. The number of nitrogens with one attached hydrogen (secondary N) is 1. The maximum atomic E-state index is 12.1. The van der Waals surface area contributed by atoms with Crippen molar-refractivity contribution in [3.05, 3.63) is 65.7 Å². The van der Waals surface area contributed by atoms with Crippen LogP contribution >= 0.6 is 0 Å². The lowest BCUT2D eigenvalue weighted by Gasteiger charge is -2.16. The molecule has 4 nitrogen and oxygen atoms in total. The number of rotatable bonds is 6. The van der Waals surface area contributed by atoms with Crippen molar-refractivity contribution in [3.8, 4) is 5.75 Å². The topological polar surface area (TPSA) is 58.6 Å². The molecule has 2 aromatic carbocycles. The number of hydrogen-bond donors (Lipinski definition) is 2. The van der Waals surface area contributed by atoms with E-state index in [2.05, 4.69) is 5.32 Å². The van der Waals surface area contributed by atoms with Crippen molar-refractivity contribution >= 4 is 5.91 Å². The zero-order valence-electron chi connectivity index (χ0n) is 12.0. The van der Waals surface area contributed by atoms with Gasteiger partial charge in [0.25, 0.3) is 5.91 Å². The third kappa shape index (κ3) is 4.33. The first-order valence-electron chi connectivity index (χ1n) is 6.82. The molecule has 2 N–H and O–H groups in total. The highest BCUT2D eigenvalue weighted by Gasteiger charge is 2.13. The fraction of sp³-hybridized carbons (Fsp3) is 0.235. The van der Waals surface area contributed by atoms with Crippen LogP contribution in [0.5, 0.6) is 5.75 Å². The number of amides is 1. The van der Waals surface area contributed by atoms with Crippen LogP contribution in [0.4, 0.5) is 0 Å². The lowest BCUT2D eigenvalue weighted by molar-refractivity contribution is 0.0916. The number of aliphatic hydroxyl groups is 1. The zero-order valence-corrected chi connectivity index (χ0v) is 12.0. The molecule has 0 saturated heterocycles. The van der Waals surface area contributed by atoms with Crippen LogP contribution in [-0.4, -0.2) is 30.8 Å². The first-order chi connectivity index (χ1) is 10.2. The fourth-order valence-corrected chi connectivity index (χ4v) is 2.07. The Balaban J connectivity index is 1.98. The molecule has 0 aromatic heterocycles. The van der Waals surface area contributed by atoms with Crippen LogP contribution in [0.2, 0.25) is 0 Å². The van der Waals surface area contributed by atoms with Crippen molar-refractivity contribution < 1.29 is 14.6 Å². The normalized spacial score (nSPS) is 11.7. The lowest BCUT2D eigenvalue weighted by Crippen LogP contribution is -2.39. The Labute approximate surface area is 124 Å². The molecule has 0 aliphatic rings. The lowest BCUT2D eigenvalue weighted by atomic mass is 10.1. The molecule has 0 heterocycles. The molecule has 1 amide bonds. The second kappa shape index (κ2) is 7.45. The average Bonchev–Trinajstić information content (AvgIpc) is 2.55. The molecule has 4 heteroatoms. The SMILES string of the molecule is COc1ccc(C[C@H](CO)NC(=O)c2ccccc2)cc1. The first-order valence-corrected chi connectivity index (χ1v) is 6.82. The Morgan fingerprint density at radius 1 is 1.14 bits per heavy atom. The Morgan fingerprint density at radius 3 is 2.38 bits per heavy atom. The van der Waals surface area contributed by atoms with Gasteiger partial charge in [0.15, 0.2) is 0 Å².